The van der Waals surface area contributed by atoms with Crippen LogP contribution in [0.1, 0.15) is 21.5 Å². The number of carbonyl (C=O) groups excluding carboxylic acids is 1. The number of hydrogen-bond acceptors (Lipinski definition) is 2. The normalized spacial score (nSPS) is 10.2. The second kappa shape index (κ2) is 6.34. The van der Waals surface area contributed by atoms with Crippen molar-refractivity contribution in [2.75, 3.05) is 7.05 Å². The van der Waals surface area contributed by atoms with Crippen LogP contribution in [0.2, 0.25) is 0 Å². The third-order valence-corrected chi connectivity index (χ3v) is 3.18. The topological polar surface area (TPSA) is 33.2 Å². The smallest absolute Gasteiger partial charge is 0.253 e. The van der Waals surface area contributed by atoms with Gasteiger partial charge >= 0.3 is 0 Å². The Morgan fingerprint density at radius 1 is 1.11 bits per heavy atom. The zero-order valence-electron chi connectivity index (χ0n) is 10.7. The van der Waals surface area contributed by atoms with Gasteiger partial charge in [0.2, 0.25) is 0 Å². The van der Waals surface area contributed by atoms with E-state index in [1.165, 1.54) is 0 Å². The molecule has 0 unspecified atom stereocenters. The minimum atomic E-state index is -0.00191. The van der Waals surface area contributed by atoms with Crippen molar-refractivity contribution < 1.29 is 4.79 Å². The zero-order valence-corrected chi connectivity index (χ0v) is 11.5. The van der Waals surface area contributed by atoms with Gasteiger partial charge in [-0.15, -0.1) is 11.6 Å². The van der Waals surface area contributed by atoms with Crippen molar-refractivity contribution in [2.24, 2.45) is 0 Å². The molecule has 1 heterocycles. The van der Waals surface area contributed by atoms with Gasteiger partial charge in [-0.25, -0.2) is 0 Å². The first-order chi connectivity index (χ1) is 9.20. The third-order valence-electron chi connectivity index (χ3n) is 2.87. The monoisotopic (exact) mass is 274 g/mol. The van der Waals surface area contributed by atoms with Gasteiger partial charge in [-0.2, -0.15) is 0 Å². The van der Waals surface area contributed by atoms with Crippen molar-refractivity contribution >= 4 is 17.5 Å². The maximum absolute atomic E-state index is 12.2. The van der Waals surface area contributed by atoms with Crippen LogP contribution < -0.4 is 0 Å². The molecular formula is C15H15ClN2O. The average molecular weight is 275 g/mol. The number of pyridine rings is 1. The molecule has 0 saturated carbocycles. The van der Waals surface area contributed by atoms with Crippen molar-refractivity contribution in [3.05, 3.63) is 65.5 Å². The van der Waals surface area contributed by atoms with E-state index in [0.717, 1.165) is 11.1 Å². The summed E-state index contributed by atoms with van der Waals surface area (Å²) in [4.78, 5) is 17.9. The fourth-order valence-electron chi connectivity index (χ4n) is 1.79. The molecule has 3 nitrogen and oxygen atoms in total. The SMILES string of the molecule is CN(Cc1ccncc1)C(=O)c1ccc(CCl)cc1. The Bertz CT molecular complexity index is 540. The van der Waals surface area contributed by atoms with Crippen molar-refractivity contribution in [3.63, 3.8) is 0 Å². The highest BCUT2D eigenvalue weighted by atomic mass is 35.5. The summed E-state index contributed by atoms with van der Waals surface area (Å²) in [5.74, 6) is 0.458. The predicted octanol–water partition coefficient (Wildman–Crippen LogP) is 3.09. The lowest BCUT2D eigenvalue weighted by Crippen LogP contribution is -2.26. The number of hydrogen-bond donors (Lipinski definition) is 0. The molecule has 0 fully saturated rings. The lowest BCUT2D eigenvalue weighted by atomic mass is 10.1. The molecular weight excluding hydrogens is 260 g/mol. The second-order valence-corrected chi connectivity index (χ2v) is 4.61. The van der Waals surface area contributed by atoms with Gasteiger partial charge in [0.1, 0.15) is 0 Å². The Hall–Kier alpha value is -1.87. The highest BCUT2D eigenvalue weighted by Crippen LogP contribution is 2.10. The summed E-state index contributed by atoms with van der Waals surface area (Å²) in [6.07, 6.45) is 3.45. The van der Waals surface area contributed by atoms with Crippen LogP contribution >= 0.6 is 11.6 Å². The van der Waals surface area contributed by atoms with Crippen LogP contribution in [-0.4, -0.2) is 22.8 Å². The van der Waals surface area contributed by atoms with Crippen LogP contribution in [-0.2, 0) is 12.4 Å². The molecule has 1 aromatic heterocycles. The molecule has 0 atom stereocenters. The molecule has 0 N–H and O–H groups in total. The maximum atomic E-state index is 12.2. The molecule has 2 rings (SSSR count). The lowest BCUT2D eigenvalue weighted by Gasteiger charge is -2.17. The van der Waals surface area contributed by atoms with E-state index in [0.29, 0.717) is 18.0 Å². The Labute approximate surface area is 117 Å². The van der Waals surface area contributed by atoms with Crippen LogP contribution in [0, 0.1) is 0 Å². The minimum Gasteiger partial charge on any atom is -0.337 e. The first-order valence-electron chi connectivity index (χ1n) is 6.00. The summed E-state index contributed by atoms with van der Waals surface area (Å²) in [6, 6.07) is 11.2. The van der Waals surface area contributed by atoms with Gasteiger partial charge in [-0.05, 0) is 35.4 Å². The van der Waals surface area contributed by atoms with Crippen molar-refractivity contribution in [1.29, 1.82) is 0 Å². The Kier molecular flexibility index (Phi) is 4.53. The molecule has 0 bridgehead atoms. The standard InChI is InChI=1S/C15H15ClN2O/c1-18(11-13-6-8-17-9-7-13)15(19)14-4-2-12(10-16)3-5-14/h2-9H,10-11H2,1H3. The Morgan fingerprint density at radius 2 is 1.74 bits per heavy atom. The van der Waals surface area contributed by atoms with E-state index in [1.807, 2.05) is 36.4 Å². The minimum absolute atomic E-state index is 0.00191. The summed E-state index contributed by atoms with van der Waals surface area (Å²) < 4.78 is 0. The van der Waals surface area contributed by atoms with E-state index in [4.69, 9.17) is 11.6 Å². The molecule has 0 spiro atoms. The van der Waals surface area contributed by atoms with E-state index < -0.39 is 0 Å². The number of alkyl halides is 1. The molecule has 1 amide bonds. The third kappa shape index (κ3) is 3.55. The van der Waals surface area contributed by atoms with Gasteiger partial charge in [0, 0.05) is 37.4 Å². The fraction of sp³-hybridized carbons (Fsp3) is 0.200. The summed E-state index contributed by atoms with van der Waals surface area (Å²) in [5, 5.41) is 0. The molecule has 0 aliphatic heterocycles. The highest BCUT2D eigenvalue weighted by molar-refractivity contribution is 6.17. The predicted molar refractivity (Wildman–Crippen MR) is 76.0 cm³/mol. The van der Waals surface area contributed by atoms with Gasteiger partial charge in [-0.1, -0.05) is 12.1 Å². The van der Waals surface area contributed by atoms with Gasteiger partial charge in [0.15, 0.2) is 0 Å². The van der Waals surface area contributed by atoms with Gasteiger partial charge in [0.05, 0.1) is 0 Å². The molecule has 98 valence electrons. The summed E-state index contributed by atoms with van der Waals surface area (Å²) in [6.45, 7) is 0.568. The quantitative estimate of drug-likeness (QED) is 0.803. The van der Waals surface area contributed by atoms with Crippen LogP contribution in [0.5, 0.6) is 0 Å². The molecule has 4 heteroatoms. The van der Waals surface area contributed by atoms with E-state index in [-0.39, 0.29) is 5.91 Å². The number of aromatic nitrogens is 1. The zero-order chi connectivity index (χ0) is 13.7. The van der Waals surface area contributed by atoms with Crippen LogP contribution in [0.25, 0.3) is 0 Å². The van der Waals surface area contributed by atoms with Crippen molar-refractivity contribution in [1.82, 2.24) is 9.88 Å². The second-order valence-electron chi connectivity index (χ2n) is 4.35. The number of amides is 1. The number of benzene rings is 1. The van der Waals surface area contributed by atoms with Crippen LogP contribution in [0.15, 0.2) is 48.8 Å². The van der Waals surface area contributed by atoms with Gasteiger partial charge < -0.3 is 4.90 Å². The Balaban J connectivity index is 2.06. The van der Waals surface area contributed by atoms with Crippen molar-refractivity contribution in [2.45, 2.75) is 12.4 Å². The number of rotatable bonds is 4. The van der Waals surface area contributed by atoms with E-state index in [1.54, 1.807) is 24.3 Å². The van der Waals surface area contributed by atoms with Crippen LogP contribution in [0.4, 0.5) is 0 Å². The molecule has 1 aromatic carbocycles. The van der Waals surface area contributed by atoms with Gasteiger partial charge in [-0.3, -0.25) is 9.78 Å². The summed E-state index contributed by atoms with van der Waals surface area (Å²) >= 11 is 5.73. The highest BCUT2D eigenvalue weighted by Gasteiger charge is 2.11. The van der Waals surface area contributed by atoms with E-state index >= 15 is 0 Å². The molecule has 0 saturated heterocycles. The summed E-state index contributed by atoms with van der Waals surface area (Å²) in [7, 11) is 1.79. The maximum Gasteiger partial charge on any atom is 0.253 e. The first-order valence-corrected chi connectivity index (χ1v) is 6.53. The number of carbonyl (C=O) groups is 1. The average Bonchev–Trinajstić information content (AvgIpc) is 2.47. The summed E-state index contributed by atoms with van der Waals surface area (Å²) in [5.41, 5.74) is 2.74. The van der Waals surface area contributed by atoms with Gasteiger partial charge in [0.25, 0.3) is 5.91 Å². The lowest BCUT2D eigenvalue weighted by molar-refractivity contribution is 0.0785. The van der Waals surface area contributed by atoms with Crippen molar-refractivity contribution in [3.8, 4) is 0 Å². The fourth-order valence-corrected chi connectivity index (χ4v) is 1.97. The van der Waals surface area contributed by atoms with E-state index in [2.05, 4.69) is 4.98 Å². The first kappa shape index (κ1) is 13.6. The molecule has 0 radical (unpaired) electrons. The molecule has 0 aliphatic rings. The largest absolute Gasteiger partial charge is 0.337 e. The molecule has 19 heavy (non-hydrogen) atoms. The number of nitrogens with zero attached hydrogens (tertiary/aromatic N) is 2. The molecule has 0 aliphatic carbocycles. The molecule has 2 aromatic rings. The van der Waals surface area contributed by atoms with E-state index in [9.17, 15) is 4.79 Å². The Morgan fingerprint density at radius 3 is 2.32 bits per heavy atom. The number of halogens is 1. The van der Waals surface area contributed by atoms with Crippen LogP contribution in [0.3, 0.4) is 0 Å².